The van der Waals surface area contributed by atoms with E-state index >= 15 is 0 Å². The zero-order valence-electron chi connectivity index (χ0n) is 8.56. The Balaban J connectivity index is 2.65. The van der Waals surface area contributed by atoms with Gasteiger partial charge in [0.1, 0.15) is 0 Å². The highest BCUT2D eigenvalue weighted by atomic mass is 79.9. The van der Waals surface area contributed by atoms with Crippen molar-refractivity contribution in [2.45, 2.75) is 19.3 Å². The number of rotatable bonds is 5. The number of hydrogen-bond acceptors (Lipinski definition) is 1. The van der Waals surface area contributed by atoms with Crippen LogP contribution in [0, 0.1) is 0 Å². The van der Waals surface area contributed by atoms with Gasteiger partial charge in [-0.3, -0.25) is 0 Å². The molecular formula is C11H14BrF2N. The molecule has 0 aliphatic carbocycles. The summed E-state index contributed by atoms with van der Waals surface area (Å²) in [6.45, 7) is 0.939. The van der Waals surface area contributed by atoms with Gasteiger partial charge >= 0.3 is 0 Å². The Morgan fingerprint density at radius 3 is 2.67 bits per heavy atom. The van der Waals surface area contributed by atoms with Crippen molar-refractivity contribution in [3.8, 4) is 0 Å². The quantitative estimate of drug-likeness (QED) is 0.812. The van der Waals surface area contributed by atoms with Gasteiger partial charge in [-0.2, -0.15) is 0 Å². The van der Waals surface area contributed by atoms with Gasteiger partial charge in [-0.05, 0) is 38.1 Å². The Hall–Kier alpha value is -0.480. The minimum Gasteiger partial charge on any atom is -0.320 e. The molecule has 15 heavy (non-hydrogen) atoms. The van der Waals surface area contributed by atoms with Gasteiger partial charge in [-0.25, -0.2) is 8.78 Å². The molecule has 0 saturated heterocycles. The normalized spacial score (nSPS) is 11.0. The molecule has 1 N–H and O–H groups in total. The van der Waals surface area contributed by atoms with E-state index in [1.54, 1.807) is 12.1 Å². The lowest BCUT2D eigenvalue weighted by Gasteiger charge is -2.06. The summed E-state index contributed by atoms with van der Waals surface area (Å²) in [5.74, 6) is 0. The maximum atomic E-state index is 12.4. The molecule has 4 heteroatoms. The van der Waals surface area contributed by atoms with Crippen LogP contribution in [0.25, 0.3) is 0 Å². The van der Waals surface area contributed by atoms with Crippen molar-refractivity contribution in [2.24, 2.45) is 0 Å². The monoisotopic (exact) mass is 277 g/mol. The minimum atomic E-state index is -2.41. The predicted octanol–water partition coefficient (Wildman–Crippen LogP) is 3.54. The Labute approximate surface area is 97.0 Å². The third-order valence-corrected chi connectivity index (χ3v) is 2.88. The number of halogens is 3. The Morgan fingerprint density at radius 1 is 1.40 bits per heavy atom. The van der Waals surface area contributed by atoms with Gasteiger partial charge in [0.2, 0.25) is 0 Å². The summed E-state index contributed by atoms with van der Waals surface area (Å²) in [6, 6.07) is 5.03. The summed E-state index contributed by atoms with van der Waals surface area (Å²) in [7, 11) is 1.90. The van der Waals surface area contributed by atoms with Crippen molar-refractivity contribution in [2.75, 3.05) is 13.6 Å². The van der Waals surface area contributed by atoms with Crippen LogP contribution in [0.5, 0.6) is 0 Å². The van der Waals surface area contributed by atoms with Crippen LogP contribution in [0.4, 0.5) is 8.78 Å². The first-order valence-electron chi connectivity index (χ1n) is 4.86. The SMILES string of the molecule is CNCCCc1ccc(C(F)F)c(Br)c1. The van der Waals surface area contributed by atoms with Crippen LogP contribution in [-0.2, 0) is 6.42 Å². The van der Waals surface area contributed by atoms with E-state index in [1.165, 1.54) is 6.07 Å². The average Bonchev–Trinajstić information content (AvgIpc) is 2.17. The first-order valence-corrected chi connectivity index (χ1v) is 5.65. The Kier molecular flexibility index (Phi) is 5.19. The Morgan fingerprint density at radius 2 is 2.13 bits per heavy atom. The minimum absolute atomic E-state index is 0.0624. The molecular weight excluding hydrogens is 264 g/mol. The second kappa shape index (κ2) is 6.18. The summed E-state index contributed by atoms with van der Waals surface area (Å²) >= 11 is 3.16. The van der Waals surface area contributed by atoms with Crippen LogP contribution in [-0.4, -0.2) is 13.6 Å². The standard InChI is InChI=1S/C11H14BrF2N/c1-15-6-2-3-8-4-5-9(11(13)14)10(12)7-8/h4-5,7,11,15H,2-3,6H2,1H3. The first kappa shape index (κ1) is 12.6. The van der Waals surface area contributed by atoms with E-state index in [2.05, 4.69) is 21.2 Å². The van der Waals surface area contributed by atoms with E-state index in [0.29, 0.717) is 4.47 Å². The Bertz CT molecular complexity index is 315. The molecule has 84 valence electrons. The maximum Gasteiger partial charge on any atom is 0.264 e. The van der Waals surface area contributed by atoms with Crippen molar-refractivity contribution in [1.29, 1.82) is 0 Å². The highest BCUT2D eigenvalue weighted by molar-refractivity contribution is 9.10. The van der Waals surface area contributed by atoms with Crippen molar-refractivity contribution in [3.63, 3.8) is 0 Å². The molecule has 0 radical (unpaired) electrons. The average molecular weight is 278 g/mol. The second-order valence-electron chi connectivity index (χ2n) is 3.36. The van der Waals surface area contributed by atoms with Crippen LogP contribution in [0.15, 0.2) is 22.7 Å². The van der Waals surface area contributed by atoms with Gasteiger partial charge < -0.3 is 5.32 Å². The fourth-order valence-corrected chi connectivity index (χ4v) is 1.97. The van der Waals surface area contributed by atoms with Crippen LogP contribution in [0.3, 0.4) is 0 Å². The summed E-state index contributed by atoms with van der Waals surface area (Å²) < 4.78 is 25.4. The molecule has 0 aliphatic heterocycles. The summed E-state index contributed by atoms with van der Waals surface area (Å²) in [5, 5.41) is 3.05. The van der Waals surface area contributed by atoms with Crippen LogP contribution < -0.4 is 5.32 Å². The van der Waals surface area contributed by atoms with E-state index in [0.717, 1.165) is 24.9 Å². The highest BCUT2D eigenvalue weighted by Crippen LogP contribution is 2.28. The fourth-order valence-electron chi connectivity index (χ4n) is 1.37. The first-order chi connectivity index (χ1) is 7.15. The highest BCUT2D eigenvalue weighted by Gasteiger charge is 2.11. The third kappa shape index (κ3) is 3.87. The molecule has 1 rings (SSSR count). The molecule has 0 bridgehead atoms. The molecule has 0 fully saturated rings. The van der Waals surface area contributed by atoms with Gasteiger partial charge in [0.15, 0.2) is 0 Å². The smallest absolute Gasteiger partial charge is 0.264 e. The van der Waals surface area contributed by atoms with Crippen molar-refractivity contribution in [1.82, 2.24) is 5.32 Å². The van der Waals surface area contributed by atoms with Crippen LogP contribution in [0.1, 0.15) is 24.0 Å². The van der Waals surface area contributed by atoms with Crippen molar-refractivity contribution >= 4 is 15.9 Å². The molecule has 0 atom stereocenters. The van der Waals surface area contributed by atoms with Gasteiger partial charge in [0.05, 0.1) is 0 Å². The van der Waals surface area contributed by atoms with E-state index in [1.807, 2.05) is 7.05 Å². The topological polar surface area (TPSA) is 12.0 Å². The van der Waals surface area contributed by atoms with Gasteiger partial charge in [-0.1, -0.05) is 28.1 Å². The fraction of sp³-hybridized carbons (Fsp3) is 0.455. The van der Waals surface area contributed by atoms with Gasteiger partial charge in [-0.15, -0.1) is 0 Å². The number of benzene rings is 1. The van der Waals surface area contributed by atoms with Crippen LogP contribution in [0.2, 0.25) is 0 Å². The van der Waals surface area contributed by atoms with Crippen LogP contribution >= 0.6 is 15.9 Å². The number of alkyl halides is 2. The van der Waals surface area contributed by atoms with E-state index in [4.69, 9.17) is 0 Å². The largest absolute Gasteiger partial charge is 0.320 e. The molecule has 0 spiro atoms. The summed E-state index contributed by atoms with van der Waals surface area (Å²) in [5.41, 5.74) is 1.15. The summed E-state index contributed by atoms with van der Waals surface area (Å²) in [6.07, 6.45) is -0.495. The molecule has 0 aliphatic rings. The number of hydrogen-bond donors (Lipinski definition) is 1. The maximum absolute atomic E-state index is 12.4. The third-order valence-electron chi connectivity index (χ3n) is 2.19. The molecule has 1 aromatic carbocycles. The zero-order valence-corrected chi connectivity index (χ0v) is 10.2. The molecule has 0 saturated carbocycles. The van der Waals surface area contributed by atoms with E-state index in [-0.39, 0.29) is 5.56 Å². The number of nitrogens with one attached hydrogen (secondary N) is 1. The molecule has 1 aromatic rings. The lowest BCUT2D eigenvalue weighted by Crippen LogP contribution is -2.08. The van der Waals surface area contributed by atoms with E-state index in [9.17, 15) is 8.78 Å². The zero-order chi connectivity index (χ0) is 11.3. The van der Waals surface area contributed by atoms with Crippen molar-refractivity contribution in [3.05, 3.63) is 33.8 Å². The predicted molar refractivity (Wildman–Crippen MR) is 61.3 cm³/mol. The van der Waals surface area contributed by atoms with Gasteiger partial charge in [0, 0.05) is 10.0 Å². The molecule has 1 nitrogen and oxygen atoms in total. The second-order valence-corrected chi connectivity index (χ2v) is 4.22. The molecule has 0 unspecified atom stereocenters. The molecule has 0 aromatic heterocycles. The molecule has 0 amide bonds. The van der Waals surface area contributed by atoms with Gasteiger partial charge in [0.25, 0.3) is 6.43 Å². The van der Waals surface area contributed by atoms with Crippen molar-refractivity contribution < 1.29 is 8.78 Å². The lowest BCUT2D eigenvalue weighted by atomic mass is 10.1. The lowest BCUT2D eigenvalue weighted by molar-refractivity contribution is 0.150. The number of aryl methyl sites for hydroxylation is 1. The summed E-state index contributed by atoms with van der Waals surface area (Å²) in [4.78, 5) is 0. The van der Waals surface area contributed by atoms with E-state index < -0.39 is 6.43 Å². The molecule has 0 heterocycles.